The molecular formula is C23H27FN2O3S. The monoisotopic (exact) mass is 430 g/mol. The second-order valence-electron chi connectivity index (χ2n) is 7.96. The summed E-state index contributed by atoms with van der Waals surface area (Å²) >= 11 is 1.67. The van der Waals surface area contributed by atoms with Crippen LogP contribution in [0.5, 0.6) is 5.75 Å². The standard InChI is InChI=1S/C23H27FN2O3S/c1-2-22(27)25(13-16-7-8-16)14-23(28)26-11-9-21-17(10-12-30-21)19(26)15-29-20-6-4-3-5-18(20)24/h3-6,10,12,16,19H,2,7-9,11,13-15H2,1H3. The number of halogens is 1. The van der Waals surface area contributed by atoms with E-state index >= 15 is 0 Å². The molecule has 0 spiro atoms. The number of amides is 2. The van der Waals surface area contributed by atoms with E-state index in [0.717, 1.165) is 24.8 Å². The van der Waals surface area contributed by atoms with E-state index in [0.29, 0.717) is 25.4 Å². The van der Waals surface area contributed by atoms with Crippen molar-refractivity contribution in [1.82, 2.24) is 9.80 Å². The molecular weight excluding hydrogens is 403 g/mol. The Morgan fingerprint density at radius 3 is 2.80 bits per heavy atom. The molecule has 1 aliphatic carbocycles. The van der Waals surface area contributed by atoms with Gasteiger partial charge in [0.25, 0.3) is 0 Å². The van der Waals surface area contributed by atoms with E-state index in [1.165, 1.54) is 10.9 Å². The minimum atomic E-state index is -0.416. The maximum Gasteiger partial charge on any atom is 0.242 e. The fourth-order valence-corrected chi connectivity index (χ4v) is 4.88. The molecule has 0 radical (unpaired) electrons. The highest BCUT2D eigenvalue weighted by Gasteiger charge is 2.34. The van der Waals surface area contributed by atoms with Crippen molar-refractivity contribution in [2.75, 3.05) is 26.2 Å². The van der Waals surface area contributed by atoms with Gasteiger partial charge in [0.05, 0.1) is 12.6 Å². The minimum absolute atomic E-state index is 0.0163. The second kappa shape index (κ2) is 9.16. The van der Waals surface area contributed by atoms with Gasteiger partial charge in [-0.15, -0.1) is 11.3 Å². The molecule has 0 saturated heterocycles. The first-order valence-corrected chi connectivity index (χ1v) is 11.5. The summed E-state index contributed by atoms with van der Waals surface area (Å²) in [6.45, 7) is 3.34. The third kappa shape index (κ3) is 4.67. The molecule has 1 aromatic heterocycles. The van der Waals surface area contributed by atoms with Gasteiger partial charge in [0, 0.05) is 24.4 Å². The van der Waals surface area contributed by atoms with Crippen LogP contribution < -0.4 is 4.74 Å². The van der Waals surface area contributed by atoms with Crippen LogP contribution in [0.2, 0.25) is 0 Å². The fraction of sp³-hybridized carbons (Fsp3) is 0.478. The van der Waals surface area contributed by atoms with E-state index in [9.17, 15) is 14.0 Å². The van der Waals surface area contributed by atoms with Crippen LogP contribution in [0.15, 0.2) is 35.7 Å². The van der Waals surface area contributed by atoms with E-state index in [1.807, 2.05) is 18.4 Å². The zero-order valence-corrected chi connectivity index (χ0v) is 18.0. The van der Waals surface area contributed by atoms with Gasteiger partial charge in [0.1, 0.15) is 6.61 Å². The molecule has 7 heteroatoms. The number of carbonyl (C=O) groups is 2. The Hall–Kier alpha value is -2.41. The zero-order chi connectivity index (χ0) is 21.1. The van der Waals surface area contributed by atoms with Gasteiger partial charge in [-0.3, -0.25) is 9.59 Å². The number of rotatable bonds is 8. The molecule has 1 aliphatic heterocycles. The molecule has 1 saturated carbocycles. The van der Waals surface area contributed by atoms with E-state index in [4.69, 9.17) is 4.74 Å². The number of hydrogen-bond acceptors (Lipinski definition) is 4. The van der Waals surface area contributed by atoms with Crippen LogP contribution in [-0.2, 0) is 16.0 Å². The summed E-state index contributed by atoms with van der Waals surface area (Å²) in [4.78, 5) is 30.4. The molecule has 4 rings (SSSR count). The van der Waals surface area contributed by atoms with Crippen LogP contribution >= 0.6 is 11.3 Å². The number of benzene rings is 1. The highest BCUT2D eigenvalue weighted by Crippen LogP contribution is 2.35. The normalized spacial score (nSPS) is 18.1. The van der Waals surface area contributed by atoms with Gasteiger partial charge in [-0.25, -0.2) is 4.39 Å². The molecule has 0 N–H and O–H groups in total. The van der Waals surface area contributed by atoms with Gasteiger partial charge >= 0.3 is 0 Å². The number of nitrogens with zero attached hydrogens (tertiary/aromatic N) is 2. The van der Waals surface area contributed by atoms with Crippen LogP contribution in [0.4, 0.5) is 4.39 Å². The molecule has 5 nitrogen and oxygen atoms in total. The summed E-state index contributed by atoms with van der Waals surface area (Å²) in [5.41, 5.74) is 1.06. The Balaban J connectivity index is 1.50. The Morgan fingerprint density at radius 2 is 2.07 bits per heavy atom. The summed E-state index contributed by atoms with van der Waals surface area (Å²) in [5, 5.41) is 2.02. The van der Waals surface area contributed by atoms with Crippen molar-refractivity contribution in [3.05, 3.63) is 52.0 Å². The fourth-order valence-electron chi connectivity index (χ4n) is 3.95. The summed E-state index contributed by atoms with van der Waals surface area (Å²) in [6.07, 6.45) is 3.44. The molecule has 160 valence electrons. The van der Waals surface area contributed by atoms with Gasteiger partial charge < -0.3 is 14.5 Å². The molecule has 30 heavy (non-hydrogen) atoms. The molecule has 1 aromatic carbocycles. The molecule has 2 aliphatic rings. The van der Waals surface area contributed by atoms with Crippen molar-refractivity contribution >= 4 is 23.2 Å². The van der Waals surface area contributed by atoms with E-state index in [2.05, 4.69) is 0 Å². The van der Waals surface area contributed by atoms with E-state index < -0.39 is 5.82 Å². The first kappa shape index (κ1) is 20.8. The number of thiophene rings is 1. The third-order valence-corrected chi connectivity index (χ3v) is 6.80. The second-order valence-corrected chi connectivity index (χ2v) is 8.97. The summed E-state index contributed by atoms with van der Waals surface area (Å²) in [5.74, 6) is 0.238. The highest BCUT2D eigenvalue weighted by atomic mass is 32.1. The third-order valence-electron chi connectivity index (χ3n) is 5.81. The van der Waals surface area contributed by atoms with Crippen molar-refractivity contribution in [2.24, 2.45) is 5.92 Å². The maximum atomic E-state index is 14.0. The molecule has 1 unspecified atom stereocenters. The van der Waals surface area contributed by atoms with Crippen LogP contribution in [0.3, 0.4) is 0 Å². The van der Waals surface area contributed by atoms with Gasteiger partial charge in [-0.1, -0.05) is 19.1 Å². The summed E-state index contributed by atoms with van der Waals surface area (Å²) in [7, 11) is 0. The molecule has 2 heterocycles. The first-order chi connectivity index (χ1) is 14.6. The predicted molar refractivity (Wildman–Crippen MR) is 114 cm³/mol. The van der Waals surface area contributed by atoms with Gasteiger partial charge in [0.15, 0.2) is 11.6 Å². The average Bonchev–Trinajstić information content (AvgIpc) is 3.44. The van der Waals surface area contributed by atoms with Crippen molar-refractivity contribution in [1.29, 1.82) is 0 Å². The molecule has 1 fully saturated rings. The number of carbonyl (C=O) groups excluding carboxylic acids is 2. The summed E-state index contributed by atoms with van der Waals surface area (Å²) < 4.78 is 19.8. The molecule has 2 aromatic rings. The Kier molecular flexibility index (Phi) is 6.37. The molecule has 0 bridgehead atoms. The van der Waals surface area contributed by atoms with E-state index in [-0.39, 0.29) is 36.8 Å². The lowest BCUT2D eigenvalue weighted by atomic mass is 10.0. The van der Waals surface area contributed by atoms with Crippen LogP contribution in [-0.4, -0.2) is 47.9 Å². The largest absolute Gasteiger partial charge is 0.488 e. The molecule has 2 amide bonds. The lowest BCUT2D eigenvalue weighted by Crippen LogP contribution is -2.48. The van der Waals surface area contributed by atoms with Gasteiger partial charge in [-0.05, 0) is 54.3 Å². The quantitative estimate of drug-likeness (QED) is 0.635. The lowest BCUT2D eigenvalue weighted by Gasteiger charge is -2.37. The van der Waals surface area contributed by atoms with Crippen molar-refractivity contribution in [3.63, 3.8) is 0 Å². The number of hydrogen-bond donors (Lipinski definition) is 0. The van der Waals surface area contributed by atoms with Gasteiger partial charge in [0.2, 0.25) is 11.8 Å². The zero-order valence-electron chi connectivity index (χ0n) is 17.2. The number of fused-ring (bicyclic) bond motifs is 1. The van der Waals surface area contributed by atoms with Crippen LogP contribution in [0, 0.1) is 11.7 Å². The van der Waals surface area contributed by atoms with Crippen molar-refractivity contribution < 1.29 is 18.7 Å². The number of ether oxygens (including phenoxy) is 1. The van der Waals surface area contributed by atoms with Crippen LogP contribution in [0.25, 0.3) is 0 Å². The minimum Gasteiger partial charge on any atom is -0.488 e. The SMILES string of the molecule is CCC(=O)N(CC(=O)N1CCc2sccc2C1COc1ccccc1F)CC1CC1. The first-order valence-electron chi connectivity index (χ1n) is 10.6. The Morgan fingerprint density at radius 1 is 1.27 bits per heavy atom. The lowest BCUT2D eigenvalue weighted by molar-refractivity contribution is -0.142. The highest BCUT2D eigenvalue weighted by molar-refractivity contribution is 7.10. The van der Waals surface area contributed by atoms with Gasteiger partial charge in [-0.2, -0.15) is 0 Å². The van der Waals surface area contributed by atoms with E-state index in [1.54, 1.807) is 39.3 Å². The Labute approximate surface area is 180 Å². The van der Waals surface area contributed by atoms with Crippen LogP contribution in [0.1, 0.15) is 42.7 Å². The van der Waals surface area contributed by atoms with Crippen molar-refractivity contribution in [2.45, 2.75) is 38.6 Å². The summed E-state index contributed by atoms with van der Waals surface area (Å²) in [6, 6.07) is 8.04. The Bertz CT molecular complexity index is 911. The molecule has 1 atom stereocenters. The average molecular weight is 431 g/mol. The predicted octanol–water partition coefficient (Wildman–Crippen LogP) is 4.04. The number of para-hydroxylation sites is 1. The maximum absolute atomic E-state index is 14.0. The smallest absolute Gasteiger partial charge is 0.242 e. The van der Waals surface area contributed by atoms with Crippen molar-refractivity contribution in [3.8, 4) is 5.75 Å². The topological polar surface area (TPSA) is 49.9 Å².